The van der Waals surface area contributed by atoms with Crippen molar-refractivity contribution in [2.24, 2.45) is 5.92 Å². The van der Waals surface area contributed by atoms with Crippen molar-refractivity contribution in [3.8, 4) is 0 Å². The highest BCUT2D eigenvalue weighted by Crippen LogP contribution is 2.27. The fourth-order valence-electron chi connectivity index (χ4n) is 2.74. The summed E-state index contributed by atoms with van der Waals surface area (Å²) in [6.45, 7) is 6.78. The summed E-state index contributed by atoms with van der Waals surface area (Å²) in [5, 5.41) is 0. The van der Waals surface area contributed by atoms with Crippen LogP contribution in [0.4, 0.5) is 11.4 Å². The molecule has 1 aliphatic rings. The fourth-order valence-corrected chi connectivity index (χ4v) is 2.74. The van der Waals surface area contributed by atoms with Gasteiger partial charge in [0.15, 0.2) is 0 Å². The zero-order valence-electron chi connectivity index (χ0n) is 11.1. The van der Waals surface area contributed by atoms with Crippen LogP contribution in [0.1, 0.15) is 38.2 Å². The summed E-state index contributed by atoms with van der Waals surface area (Å²) in [5.41, 5.74) is 9.29. The van der Waals surface area contributed by atoms with Crippen LogP contribution in [0.25, 0.3) is 0 Å². The van der Waals surface area contributed by atoms with Gasteiger partial charge in [-0.2, -0.15) is 0 Å². The largest absolute Gasteiger partial charge is 0.399 e. The van der Waals surface area contributed by atoms with E-state index < -0.39 is 0 Å². The second-order valence-electron chi connectivity index (χ2n) is 5.26. The van der Waals surface area contributed by atoms with E-state index in [0.717, 1.165) is 11.6 Å². The van der Waals surface area contributed by atoms with Crippen molar-refractivity contribution in [2.75, 3.05) is 23.7 Å². The number of piperidine rings is 1. The Labute approximate surface area is 105 Å². The molecular weight excluding hydrogens is 208 g/mol. The second-order valence-corrected chi connectivity index (χ2v) is 5.26. The molecule has 1 saturated heterocycles. The Hall–Kier alpha value is -1.18. The van der Waals surface area contributed by atoms with Gasteiger partial charge in [-0.25, -0.2) is 0 Å². The molecule has 94 valence electrons. The van der Waals surface area contributed by atoms with E-state index in [0.29, 0.717) is 0 Å². The minimum atomic E-state index is 0.898. The third kappa shape index (κ3) is 2.93. The van der Waals surface area contributed by atoms with E-state index in [-0.39, 0.29) is 0 Å². The zero-order valence-corrected chi connectivity index (χ0v) is 11.1. The first-order valence-corrected chi connectivity index (χ1v) is 6.81. The molecule has 0 radical (unpaired) electrons. The third-order valence-corrected chi connectivity index (χ3v) is 3.93. The van der Waals surface area contributed by atoms with Crippen molar-refractivity contribution in [1.29, 1.82) is 0 Å². The van der Waals surface area contributed by atoms with Gasteiger partial charge in [-0.15, -0.1) is 0 Å². The summed E-state index contributed by atoms with van der Waals surface area (Å²) in [6, 6.07) is 6.40. The molecule has 2 N–H and O–H groups in total. The predicted octanol–water partition coefficient (Wildman–Crippen LogP) is 3.59. The summed E-state index contributed by atoms with van der Waals surface area (Å²) in [7, 11) is 0. The number of rotatable bonds is 3. The maximum Gasteiger partial charge on any atom is 0.0370 e. The molecule has 0 spiro atoms. The van der Waals surface area contributed by atoms with Gasteiger partial charge in [0.1, 0.15) is 0 Å². The summed E-state index contributed by atoms with van der Waals surface area (Å²) in [6.07, 6.45) is 5.41. The normalized spacial score (nSPS) is 17.4. The van der Waals surface area contributed by atoms with Gasteiger partial charge in [0.05, 0.1) is 0 Å². The minimum absolute atomic E-state index is 0.898. The number of hydrogen-bond acceptors (Lipinski definition) is 2. The van der Waals surface area contributed by atoms with E-state index in [2.05, 4.69) is 30.9 Å². The Morgan fingerprint density at radius 2 is 2.00 bits per heavy atom. The molecule has 0 aliphatic carbocycles. The van der Waals surface area contributed by atoms with Gasteiger partial charge < -0.3 is 10.6 Å². The average Bonchev–Trinajstić information content (AvgIpc) is 2.34. The molecular formula is C15H24N2. The van der Waals surface area contributed by atoms with Crippen molar-refractivity contribution >= 4 is 11.4 Å². The smallest absolute Gasteiger partial charge is 0.0370 e. The summed E-state index contributed by atoms with van der Waals surface area (Å²) < 4.78 is 0. The lowest BCUT2D eigenvalue weighted by atomic mass is 9.92. The van der Waals surface area contributed by atoms with Gasteiger partial charge in [-0.3, -0.25) is 0 Å². The molecule has 0 saturated carbocycles. The van der Waals surface area contributed by atoms with Crippen molar-refractivity contribution in [3.05, 3.63) is 23.8 Å². The Bertz CT molecular complexity index is 365. The first kappa shape index (κ1) is 12.3. The Kier molecular flexibility index (Phi) is 3.93. The molecule has 1 aromatic carbocycles. The van der Waals surface area contributed by atoms with Crippen molar-refractivity contribution in [1.82, 2.24) is 0 Å². The van der Waals surface area contributed by atoms with Gasteiger partial charge in [-0.1, -0.05) is 19.8 Å². The molecule has 2 rings (SSSR count). The number of hydrogen-bond donors (Lipinski definition) is 1. The lowest BCUT2D eigenvalue weighted by Crippen LogP contribution is -2.33. The van der Waals surface area contributed by atoms with Crippen LogP contribution >= 0.6 is 0 Å². The highest BCUT2D eigenvalue weighted by Gasteiger charge is 2.18. The number of nitrogen functional groups attached to an aromatic ring is 1. The van der Waals surface area contributed by atoms with E-state index >= 15 is 0 Å². The van der Waals surface area contributed by atoms with Gasteiger partial charge >= 0.3 is 0 Å². The number of nitrogens with two attached hydrogens (primary N) is 1. The number of nitrogens with zero attached hydrogens (tertiary/aromatic N) is 1. The van der Waals surface area contributed by atoms with Gasteiger partial charge in [0.25, 0.3) is 0 Å². The maximum atomic E-state index is 5.86. The molecule has 0 aromatic heterocycles. The van der Waals surface area contributed by atoms with Crippen LogP contribution in [0, 0.1) is 12.8 Å². The maximum absolute atomic E-state index is 5.86. The van der Waals surface area contributed by atoms with E-state index in [1.165, 1.54) is 50.0 Å². The van der Waals surface area contributed by atoms with E-state index in [1.54, 1.807) is 0 Å². The molecule has 1 aliphatic heterocycles. The topological polar surface area (TPSA) is 29.3 Å². The Balaban J connectivity index is 1.98. The minimum Gasteiger partial charge on any atom is -0.399 e. The van der Waals surface area contributed by atoms with Crippen LogP contribution in [-0.4, -0.2) is 13.1 Å². The molecule has 0 atom stereocenters. The lowest BCUT2D eigenvalue weighted by molar-refractivity contribution is 0.378. The van der Waals surface area contributed by atoms with Crippen LogP contribution in [0.3, 0.4) is 0 Å². The van der Waals surface area contributed by atoms with Crippen LogP contribution in [-0.2, 0) is 0 Å². The van der Waals surface area contributed by atoms with Crippen molar-refractivity contribution < 1.29 is 0 Å². The highest BCUT2D eigenvalue weighted by molar-refractivity contribution is 5.58. The number of aryl methyl sites for hydroxylation is 1. The zero-order chi connectivity index (χ0) is 12.3. The quantitative estimate of drug-likeness (QED) is 0.807. The molecule has 1 heterocycles. The van der Waals surface area contributed by atoms with Crippen LogP contribution in [0.2, 0.25) is 0 Å². The highest BCUT2D eigenvalue weighted by atomic mass is 15.1. The SMILES string of the molecule is CCCC1CCN(c2ccc(N)c(C)c2)CC1. The monoisotopic (exact) mass is 232 g/mol. The number of anilines is 2. The predicted molar refractivity (Wildman–Crippen MR) is 75.4 cm³/mol. The summed E-state index contributed by atoms with van der Waals surface area (Å²) >= 11 is 0. The third-order valence-electron chi connectivity index (χ3n) is 3.93. The Morgan fingerprint density at radius 3 is 2.59 bits per heavy atom. The van der Waals surface area contributed by atoms with Gasteiger partial charge in [0, 0.05) is 24.5 Å². The first-order valence-electron chi connectivity index (χ1n) is 6.81. The Morgan fingerprint density at radius 1 is 1.29 bits per heavy atom. The van der Waals surface area contributed by atoms with E-state index in [9.17, 15) is 0 Å². The van der Waals surface area contributed by atoms with Gasteiger partial charge in [-0.05, 0) is 49.4 Å². The molecule has 1 aromatic rings. The fraction of sp³-hybridized carbons (Fsp3) is 0.600. The van der Waals surface area contributed by atoms with E-state index in [1.807, 2.05) is 6.07 Å². The molecule has 0 amide bonds. The average molecular weight is 232 g/mol. The van der Waals surface area contributed by atoms with Gasteiger partial charge in [0.2, 0.25) is 0 Å². The lowest BCUT2D eigenvalue weighted by Gasteiger charge is -2.33. The van der Waals surface area contributed by atoms with Crippen LogP contribution < -0.4 is 10.6 Å². The molecule has 0 bridgehead atoms. The summed E-state index contributed by atoms with van der Waals surface area (Å²) in [4.78, 5) is 2.50. The number of benzene rings is 1. The molecule has 0 unspecified atom stereocenters. The van der Waals surface area contributed by atoms with Crippen LogP contribution in [0.15, 0.2) is 18.2 Å². The summed E-state index contributed by atoms with van der Waals surface area (Å²) in [5.74, 6) is 0.950. The van der Waals surface area contributed by atoms with Crippen molar-refractivity contribution in [2.45, 2.75) is 39.5 Å². The van der Waals surface area contributed by atoms with Crippen LogP contribution in [0.5, 0.6) is 0 Å². The molecule has 1 fully saturated rings. The second kappa shape index (κ2) is 5.44. The molecule has 17 heavy (non-hydrogen) atoms. The van der Waals surface area contributed by atoms with Crippen molar-refractivity contribution in [3.63, 3.8) is 0 Å². The molecule has 2 nitrogen and oxygen atoms in total. The standard InChI is InChI=1S/C15H24N2/c1-3-4-13-7-9-17(10-8-13)14-5-6-15(16)12(2)11-14/h5-6,11,13H,3-4,7-10,16H2,1-2H3. The van der Waals surface area contributed by atoms with E-state index in [4.69, 9.17) is 5.73 Å². The first-order chi connectivity index (χ1) is 8.20. The molecule has 2 heteroatoms.